The first-order chi connectivity index (χ1) is 7.18. The van der Waals surface area contributed by atoms with Gasteiger partial charge in [-0.3, -0.25) is 10.1 Å². The molecule has 0 bridgehead atoms. The molecule has 2 rings (SSSR count). The van der Waals surface area contributed by atoms with Crippen LogP contribution in [0.5, 0.6) is 0 Å². The molecule has 1 saturated heterocycles. The molecule has 4 nitrogen and oxygen atoms in total. The molecule has 0 aromatic heterocycles. The maximum absolute atomic E-state index is 13.3. The molecule has 1 aliphatic rings. The lowest BCUT2D eigenvalue weighted by molar-refractivity contribution is -0.385. The molecule has 0 aliphatic carbocycles. The molecule has 0 unspecified atom stereocenters. The minimum absolute atomic E-state index is 0.0322. The van der Waals surface area contributed by atoms with Crippen LogP contribution in [-0.2, 0) is 4.74 Å². The van der Waals surface area contributed by atoms with E-state index in [1.165, 1.54) is 12.1 Å². The number of nitrogens with zero attached hydrogens (tertiary/aromatic N) is 1. The second-order valence-electron chi connectivity index (χ2n) is 3.45. The molecule has 1 aromatic rings. The third kappa shape index (κ3) is 1.97. The summed E-state index contributed by atoms with van der Waals surface area (Å²) < 4.78 is 18.5. The van der Waals surface area contributed by atoms with Gasteiger partial charge in [0, 0.05) is 18.6 Å². The van der Waals surface area contributed by atoms with E-state index >= 15 is 0 Å². The Morgan fingerprint density at radius 3 is 2.93 bits per heavy atom. The second kappa shape index (κ2) is 3.94. The standard InChI is InChI=1S/C10H10FNO3/c11-9-4-5-15-10(9)7-2-1-3-8(6-7)12(13)14/h1-3,6,9-10H,4-5H2/t9-,10+/m1/s1. The van der Waals surface area contributed by atoms with Crippen LogP contribution in [-0.4, -0.2) is 17.7 Å². The van der Waals surface area contributed by atoms with E-state index in [0.717, 1.165) is 0 Å². The third-order valence-corrected chi connectivity index (χ3v) is 2.43. The highest BCUT2D eigenvalue weighted by atomic mass is 19.1. The Labute approximate surface area is 85.8 Å². The van der Waals surface area contributed by atoms with Crippen molar-refractivity contribution in [1.29, 1.82) is 0 Å². The van der Waals surface area contributed by atoms with Crippen LogP contribution in [0, 0.1) is 10.1 Å². The van der Waals surface area contributed by atoms with Gasteiger partial charge in [-0.2, -0.15) is 0 Å². The molecule has 0 saturated carbocycles. The second-order valence-corrected chi connectivity index (χ2v) is 3.45. The quantitative estimate of drug-likeness (QED) is 0.557. The van der Waals surface area contributed by atoms with Crippen molar-refractivity contribution in [3.63, 3.8) is 0 Å². The molecule has 1 aliphatic heterocycles. The van der Waals surface area contributed by atoms with E-state index in [0.29, 0.717) is 18.6 Å². The van der Waals surface area contributed by atoms with E-state index < -0.39 is 17.2 Å². The van der Waals surface area contributed by atoms with Crippen molar-refractivity contribution in [2.24, 2.45) is 0 Å². The van der Waals surface area contributed by atoms with Crippen molar-refractivity contribution >= 4 is 5.69 Å². The smallest absolute Gasteiger partial charge is 0.269 e. The summed E-state index contributed by atoms with van der Waals surface area (Å²) in [5.74, 6) is 0. The summed E-state index contributed by atoms with van der Waals surface area (Å²) in [6.45, 7) is 0.370. The van der Waals surface area contributed by atoms with Gasteiger partial charge in [0.25, 0.3) is 5.69 Å². The summed E-state index contributed by atoms with van der Waals surface area (Å²) in [5.41, 5.74) is 0.504. The number of nitro groups is 1. The SMILES string of the molecule is O=[N+]([O-])c1cccc([C@@H]2OCC[C@H]2F)c1. The fourth-order valence-electron chi connectivity index (χ4n) is 1.68. The molecule has 1 heterocycles. The van der Waals surface area contributed by atoms with Gasteiger partial charge in [0.1, 0.15) is 12.3 Å². The van der Waals surface area contributed by atoms with Crippen LogP contribution >= 0.6 is 0 Å². The lowest BCUT2D eigenvalue weighted by Gasteiger charge is -2.11. The minimum Gasteiger partial charge on any atom is -0.370 e. The molecule has 5 heteroatoms. The van der Waals surface area contributed by atoms with Gasteiger partial charge in [-0.1, -0.05) is 12.1 Å². The van der Waals surface area contributed by atoms with Crippen molar-refractivity contribution < 1.29 is 14.1 Å². The number of ether oxygens (including phenoxy) is 1. The van der Waals surface area contributed by atoms with E-state index in [2.05, 4.69) is 0 Å². The Hall–Kier alpha value is -1.49. The average molecular weight is 211 g/mol. The number of alkyl halides is 1. The minimum atomic E-state index is -1.06. The van der Waals surface area contributed by atoms with E-state index in [4.69, 9.17) is 4.74 Å². The molecule has 1 aromatic carbocycles. The first-order valence-corrected chi connectivity index (χ1v) is 4.68. The molecule has 0 spiro atoms. The first-order valence-electron chi connectivity index (χ1n) is 4.68. The number of non-ortho nitro benzene ring substituents is 1. The van der Waals surface area contributed by atoms with Gasteiger partial charge >= 0.3 is 0 Å². The van der Waals surface area contributed by atoms with Crippen LogP contribution in [0.25, 0.3) is 0 Å². The van der Waals surface area contributed by atoms with Crippen LogP contribution in [0.15, 0.2) is 24.3 Å². The van der Waals surface area contributed by atoms with E-state index in [1.807, 2.05) is 0 Å². The number of hydrogen-bond donors (Lipinski definition) is 0. The lowest BCUT2D eigenvalue weighted by Crippen LogP contribution is -2.07. The fraction of sp³-hybridized carbons (Fsp3) is 0.400. The summed E-state index contributed by atoms with van der Waals surface area (Å²) in [4.78, 5) is 10.0. The molecular weight excluding hydrogens is 201 g/mol. The molecule has 80 valence electrons. The zero-order chi connectivity index (χ0) is 10.8. The number of halogens is 1. The van der Waals surface area contributed by atoms with Gasteiger partial charge in [-0.05, 0) is 5.56 Å². The number of hydrogen-bond acceptors (Lipinski definition) is 3. The van der Waals surface area contributed by atoms with Gasteiger partial charge in [-0.25, -0.2) is 4.39 Å². The number of benzene rings is 1. The maximum Gasteiger partial charge on any atom is 0.269 e. The highest BCUT2D eigenvalue weighted by Gasteiger charge is 2.30. The summed E-state index contributed by atoms with van der Waals surface area (Å²) in [7, 11) is 0. The molecule has 1 fully saturated rings. The fourth-order valence-corrected chi connectivity index (χ4v) is 1.68. The van der Waals surface area contributed by atoms with Crippen LogP contribution in [0.4, 0.5) is 10.1 Å². The molecule has 15 heavy (non-hydrogen) atoms. The Kier molecular flexibility index (Phi) is 2.64. The normalized spacial score (nSPS) is 25.4. The van der Waals surface area contributed by atoms with Crippen molar-refractivity contribution in [3.05, 3.63) is 39.9 Å². The summed E-state index contributed by atoms with van der Waals surface area (Å²) in [6, 6.07) is 5.94. The van der Waals surface area contributed by atoms with Crippen molar-refractivity contribution in [2.75, 3.05) is 6.61 Å². The van der Waals surface area contributed by atoms with Gasteiger partial charge in [-0.15, -0.1) is 0 Å². The predicted octanol–water partition coefficient (Wildman–Crippen LogP) is 2.39. The van der Waals surface area contributed by atoms with Crippen LogP contribution in [0.3, 0.4) is 0 Å². The van der Waals surface area contributed by atoms with E-state index in [9.17, 15) is 14.5 Å². The highest BCUT2D eigenvalue weighted by molar-refractivity contribution is 5.35. The Morgan fingerprint density at radius 1 is 1.53 bits per heavy atom. The monoisotopic (exact) mass is 211 g/mol. The van der Waals surface area contributed by atoms with E-state index in [-0.39, 0.29) is 5.69 Å². The van der Waals surface area contributed by atoms with Crippen LogP contribution in [0.2, 0.25) is 0 Å². The Bertz CT molecular complexity index is 383. The molecule has 0 amide bonds. The lowest BCUT2D eigenvalue weighted by atomic mass is 10.0. The van der Waals surface area contributed by atoms with Crippen LogP contribution in [0.1, 0.15) is 18.1 Å². The zero-order valence-corrected chi connectivity index (χ0v) is 7.93. The summed E-state index contributed by atoms with van der Waals surface area (Å²) >= 11 is 0. The zero-order valence-electron chi connectivity index (χ0n) is 7.93. The molecular formula is C10H10FNO3. The van der Waals surface area contributed by atoms with Gasteiger partial charge in [0.05, 0.1) is 11.5 Å². The van der Waals surface area contributed by atoms with Gasteiger partial charge in [0.15, 0.2) is 0 Å². The van der Waals surface area contributed by atoms with Crippen molar-refractivity contribution in [3.8, 4) is 0 Å². The third-order valence-electron chi connectivity index (χ3n) is 2.43. The topological polar surface area (TPSA) is 52.4 Å². The highest BCUT2D eigenvalue weighted by Crippen LogP contribution is 2.32. The maximum atomic E-state index is 13.3. The Balaban J connectivity index is 2.28. The number of nitro benzene ring substituents is 1. The van der Waals surface area contributed by atoms with Crippen molar-refractivity contribution in [2.45, 2.75) is 18.7 Å². The summed E-state index contributed by atoms with van der Waals surface area (Å²) in [5, 5.41) is 10.5. The van der Waals surface area contributed by atoms with Gasteiger partial charge < -0.3 is 4.74 Å². The largest absolute Gasteiger partial charge is 0.370 e. The molecule has 0 radical (unpaired) electrons. The van der Waals surface area contributed by atoms with Crippen molar-refractivity contribution in [1.82, 2.24) is 0 Å². The van der Waals surface area contributed by atoms with Crippen LogP contribution < -0.4 is 0 Å². The molecule has 2 atom stereocenters. The average Bonchev–Trinajstić information content (AvgIpc) is 2.64. The Morgan fingerprint density at radius 2 is 2.33 bits per heavy atom. The summed E-state index contributed by atoms with van der Waals surface area (Å²) in [6.07, 6.45) is -1.36. The van der Waals surface area contributed by atoms with Gasteiger partial charge in [0.2, 0.25) is 0 Å². The predicted molar refractivity (Wildman–Crippen MR) is 51.3 cm³/mol. The molecule has 0 N–H and O–H groups in total. The number of rotatable bonds is 2. The van der Waals surface area contributed by atoms with E-state index in [1.54, 1.807) is 12.1 Å². The first kappa shape index (κ1) is 10.0.